The van der Waals surface area contributed by atoms with Crippen LogP contribution in [0.5, 0.6) is 0 Å². The number of carbonyl (C=O) groups is 1. The molecule has 2 aromatic carbocycles. The van der Waals surface area contributed by atoms with E-state index in [-0.39, 0.29) is 21.9 Å². The number of aromatic carboxylic acids is 1. The number of pyridine rings is 1. The van der Waals surface area contributed by atoms with Crippen LogP contribution in [-0.2, 0) is 10.0 Å². The molecule has 39 heavy (non-hydrogen) atoms. The molecule has 1 aromatic heterocycles. The molecule has 13 nitrogen and oxygen atoms in total. The number of fused-ring (bicyclic) bond motifs is 1. The summed E-state index contributed by atoms with van der Waals surface area (Å²) in [4.78, 5) is 26.0. The number of halogens is 1. The van der Waals surface area contributed by atoms with Crippen LogP contribution in [0.4, 0.5) is 15.8 Å². The van der Waals surface area contributed by atoms with Crippen LogP contribution in [0.1, 0.15) is 29.2 Å². The highest BCUT2D eigenvalue weighted by molar-refractivity contribution is 7.90. The quantitative estimate of drug-likeness (QED) is 0.222. The third-order valence-corrected chi connectivity index (χ3v) is 7.83. The average Bonchev–Trinajstić information content (AvgIpc) is 3.73. The van der Waals surface area contributed by atoms with Crippen LogP contribution in [0, 0.1) is 5.82 Å². The molecule has 204 valence electrons. The van der Waals surface area contributed by atoms with Gasteiger partial charge in [-0.2, -0.15) is 8.42 Å². The molecule has 0 spiro atoms. The number of aromatic nitrogens is 1. The molecule has 1 aliphatic carbocycles. The fraction of sp³-hybridized carbons (Fsp3) is 0.292. The van der Waals surface area contributed by atoms with Gasteiger partial charge in [-0.3, -0.25) is 9.80 Å². The van der Waals surface area contributed by atoms with Gasteiger partial charge in [-0.25, -0.2) is 9.18 Å². The Labute approximate surface area is 221 Å². The number of guanidine groups is 1. The van der Waals surface area contributed by atoms with E-state index in [1.807, 2.05) is 4.90 Å². The normalized spacial score (nSPS) is 16.1. The van der Waals surface area contributed by atoms with Gasteiger partial charge >= 0.3 is 5.97 Å². The van der Waals surface area contributed by atoms with Gasteiger partial charge in [0.05, 0.1) is 34.9 Å². The first-order valence-electron chi connectivity index (χ1n) is 12.0. The Morgan fingerprint density at radius 2 is 1.72 bits per heavy atom. The standard InChI is InChI=1S/C24H25FN8O5S/c25-19-11-17-20(33(15-3-4-15)13-18(22(17)34)23(35)36)12-21(19)31-7-9-32(10-8-31)30-28-14-1-5-16(6-2-14)39(37,38)29-24(26)27/h1-2,5-6,11-13,15H,3-4,7-10H2,(H,35,36)(H4,26,27,29). The van der Waals surface area contributed by atoms with Crippen LogP contribution in [0.25, 0.3) is 10.9 Å². The smallest absolute Gasteiger partial charge is 0.341 e. The summed E-state index contributed by atoms with van der Waals surface area (Å²) in [6, 6.07) is 8.40. The molecular formula is C24H25FN8O5S. The zero-order chi connectivity index (χ0) is 27.9. The number of carboxylic acid groups (broad SMARTS) is 1. The Morgan fingerprint density at radius 1 is 1.05 bits per heavy atom. The van der Waals surface area contributed by atoms with Crippen molar-refractivity contribution >= 4 is 44.2 Å². The van der Waals surface area contributed by atoms with Gasteiger partial charge in [0.15, 0.2) is 0 Å². The molecule has 2 aliphatic rings. The lowest BCUT2D eigenvalue weighted by atomic mass is 10.1. The number of benzene rings is 2. The van der Waals surface area contributed by atoms with Gasteiger partial charge in [-0.1, -0.05) is 5.22 Å². The Hall–Kier alpha value is -4.53. The molecule has 1 aliphatic heterocycles. The Balaban J connectivity index is 1.31. The van der Waals surface area contributed by atoms with E-state index >= 15 is 4.39 Å². The van der Waals surface area contributed by atoms with Crippen LogP contribution >= 0.6 is 0 Å². The van der Waals surface area contributed by atoms with Gasteiger partial charge in [-0.15, -0.1) is 9.51 Å². The molecule has 1 saturated carbocycles. The maximum atomic E-state index is 15.2. The van der Waals surface area contributed by atoms with Gasteiger partial charge in [0.2, 0.25) is 11.4 Å². The highest BCUT2D eigenvalue weighted by Gasteiger charge is 2.28. The highest BCUT2D eigenvalue weighted by atomic mass is 32.2. The summed E-state index contributed by atoms with van der Waals surface area (Å²) in [5.74, 6) is -2.50. The lowest BCUT2D eigenvalue weighted by Gasteiger charge is -2.34. The number of nitrogens with two attached hydrogens (primary N) is 2. The lowest BCUT2D eigenvalue weighted by molar-refractivity contribution is 0.0694. The van der Waals surface area contributed by atoms with Crippen LogP contribution in [-0.4, -0.2) is 61.2 Å². The fourth-order valence-electron chi connectivity index (χ4n) is 4.43. The van der Waals surface area contributed by atoms with Crippen molar-refractivity contribution in [1.29, 1.82) is 0 Å². The minimum Gasteiger partial charge on any atom is -0.477 e. The molecule has 0 unspecified atom stereocenters. The Bertz CT molecular complexity index is 1670. The third kappa shape index (κ3) is 5.38. The minimum atomic E-state index is -4.00. The first-order valence-corrected chi connectivity index (χ1v) is 13.5. The maximum absolute atomic E-state index is 15.2. The number of hydrogen-bond acceptors (Lipinski definition) is 7. The summed E-state index contributed by atoms with van der Waals surface area (Å²) in [5.41, 5.74) is 10.5. The van der Waals surface area contributed by atoms with Crippen molar-refractivity contribution in [3.63, 3.8) is 0 Å². The Morgan fingerprint density at radius 3 is 2.31 bits per heavy atom. The second-order valence-electron chi connectivity index (χ2n) is 9.25. The van der Waals surface area contributed by atoms with Crippen molar-refractivity contribution in [1.82, 2.24) is 9.58 Å². The second kappa shape index (κ2) is 9.98. The monoisotopic (exact) mass is 556 g/mol. The molecule has 0 radical (unpaired) electrons. The number of rotatable bonds is 7. The van der Waals surface area contributed by atoms with Crippen LogP contribution in [0.3, 0.4) is 0 Å². The number of anilines is 1. The zero-order valence-corrected chi connectivity index (χ0v) is 21.4. The molecule has 2 fully saturated rings. The van der Waals surface area contributed by atoms with Crippen molar-refractivity contribution in [2.75, 3.05) is 31.1 Å². The second-order valence-corrected chi connectivity index (χ2v) is 10.9. The number of hydrogen-bond donors (Lipinski definition) is 3. The largest absolute Gasteiger partial charge is 0.477 e. The van der Waals surface area contributed by atoms with E-state index in [4.69, 9.17) is 11.5 Å². The van der Waals surface area contributed by atoms with E-state index in [1.165, 1.54) is 30.5 Å². The Kier molecular flexibility index (Phi) is 6.68. The van der Waals surface area contributed by atoms with Gasteiger partial charge in [-0.05, 0) is 49.2 Å². The summed E-state index contributed by atoms with van der Waals surface area (Å²) >= 11 is 0. The van der Waals surface area contributed by atoms with Crippen molar-refractivity contribution < 1.29 is 22.7 Å². The molecule has 0 atom stereocenters. The third-order valence-electron chi connectivity index (χ3n) is 6.52. The molecule has 15 heteroatoms. The molecule has 2 heterocycles. The predicted octanol–water partition coefficient (Wildman–Crippen LogP) is 1.96. The molecule has 5 N–H and O–H groups in total. The number of nitrogens with zero attached hydrogens (tertiary/aromatic N) is 6. The average molecular weight is 557 g/mol. The first-order chi connectivity index (χ1) is 18.5. The van der Waals surface area contributed by atoms with E-state index in [0.717, 1.165) is 18.9 Å². The van der Waals surface area contributed by atoms with E-state index < -0.39 is 33.2 Å². The number of carboxylic acids is 1. The van der Waals surface area contributed by atoms with Crippen molar-refractivity contribution in [3.8, 4) is 0 Å². The summed E-state index contributed by atoms with van der Waals surface area (Å²) < 4.78 is 44.2. The summed E-state index contributed by atoms with van der Waals surface area (Å²) in [6.07, 6.45) is 3.08. The predicted molar refractivity (Wildman–Crippen MR) is 141 cm³/mol. The van der Waals surface area contributed by atoms with Crippen LogP contribution in [0.2, 0.25) is 0 Å². The fourth-order valence-corrected chi connectivity index (χ4v) is 5.29. The van der Waals surface area contributed by atoms with Crippen molar-refractivity contribution in [3.05, 3.63) is 64.2 Å². The van der Waals surface area contributed by atoms with E-state index in [0.29, 0.717) is 43.1 Å². The minimum absolute atomic E-state index is 0.0487. The first kappa shape index (κ1) is 26.1. The molecule has 1 saturated heterocycles. The highest BCUT2D eigenvalue weighted by Crippen LogP contribution is 2.38. The molecular weight excluding hydrogens is 531 g/mol. The van der Waals surface area contributed by atoms with E-state index in [2.05, 4.69) is 14.7 Å². The maximum Gasteiger partial charge on any atom is 0.341 e. The van der Waals surface area contributed by atoms with E-state index in [9.17, 15) is 23.1 Å². The van der Waals surface area contributed by atoms with Crippen molar-refractivity contribution in [2.24, 2.45) is 26.2 Å². The van der Waals surface area contributed by atoms with E-state index in [1.54, 1.807) is 15.6 Å². The summed E-state index contributed by atoms with van der Waals surface area (Å²) in [5, 5.41) is 19.5. The summed E-state index contributed by atoms with van der Waals surface area (Å²) in [7, 11) is -4.00. The van der Waals surface area contributed by atoms with Crippen LogP contribution < -0.4 is 21.8 Å². The van der Waals surface area contributed by atoms with Crippen LogP contribution in [0.15, 0.2) is 67.0 Å². The molecule has 3 aromatic rings. The number of sulfonamides is 1. The topological polar surface area (TPSA) is 189 Å². The molecule has 5 rings (SSSR count). The van der Waals surface area contributed by atoms with Crippen molar-refractivity contribution in [2.45, 2.75) is 23.8 Å². The van der Waals surface area contributed by atoms with Gasteiger partial charge < -0.3 is 26.0 Å². The lowest BCUT2D eigenvalue weighted by Crippen LogP contribution is -2.44. The van der Waals surface area contributed by atoms with Gasteiger partial charge in [0.1, 0.15) is 11.4 Å². The summed E-state index contributed by atoms with van der Waals surface area (Å²) in [6.45, 7) is 1.73. The van der Waals surface area contributed by atoms with Gasteiger partial charge in [0.25, 0.3) is 10.0 Å². The zero-order valence-electron chi connectivity index (χ0n) is 20.6. The SMILES string of the molecule is NC(N)=NS(=O)(=O)c1ccc(N=NN2CCN(c3cc4c(cc3F)c(=O)c(C(=O)O)cn4C3CC3)CC2)cc1. The van der Waals surface area contributed by atoms with Gasteiger partial charge in [0, 0.05) is 30.7 Å². The molecule has 0 amide bonds. The molecule has 0 bridgehead atoms. The number of piperazine rings is 1.